The fraction of sp³-hybridized carbons (Fsp3) is 0.550. The number of nitrogens with zero attached hydrogens (tertiary/aromatic N) is 5. The molecule has 4 heterocycles. The largest absolute Gasteiger partial charge is 0.367 e. The molecule has 0 aromatic carbocycles. The van der Waals surface area contributed by atoms with E-state index in [1.165, 1.54) is 0 Å². The van der Waals surface area contributed by atoms with Crippen LogP contribution in [0.25, 0.3) is 0 Å². The summed E-state index contributed by atoms with van der Waals surface area (Å²) in [4.78, 5) is 17.5. The van der Waals surface area contributed by atoms with E-state index in [0.717, 1.165) is 43.0 Å². The Kier molecular flexibility index (Phi) is 5.05. The number of fused-ring (bicyclic) bond motifs is 2. The average molecular weight is 385 g/mol. The SMILES string of the molecule is CC[C@@H](C)Nc1nc(Nc2cc(N3C[C@@H]4C[C@H]3CN4C)cnc2F)ncc1C. The minimum atomic E-state index is -0.550. The second-order valence-corrected chi connectivity index (χ2v) is 7.97. The molecule has 0 saturated carbocycles. The predicted molar refractivity (Wildman–Crippen MR) is 110 cm³/mol. The zero-order valence-electron chi connectivity index (χ0n) is 16.9. The van der Waals surface area contributed by atoms with Crippen LogP contribution in [0.5, 0.6) is 0 Å². The molecule has 0 aliphatic carbocycles. The quantitative estimate of drug-likeness (QED) is 0.740. The van der Waals surface area contributed by atoms with E-state index in [4.69, 9.17) is 0 Å². The number of hydrogen-bond donors (Lipinski definition) is 2. The van der Waals surface area contributed by atoms with Crippen molar-refractivity contribution < 1.29 is 4.39 Å². The summed E-state index contributed by atoms with van der Waals surface area (Å²) in [6, 6.07) is 3.15. The van der Waals surface area contributed by atoms with E-state index < -0.39 is 5.95 Å². The molecule has 7 nitrogen and oxygen atoms in total. The zero-order valence-corrected chi connectivity index (χ0v) is 16.9. The molecule has 2 aromatic rings. The van der Waals surface area contributed by atoms with Crippen molar-refractivity contribution in [3.63, 3.8) is 0 Å². The Balaban J connectivity index is 1.54. The molecule has 0 spiro atoms. The van der Waals surface area contributed by atoms with Gasteiger partial charge in [-0.1, -0.05) is 6.92 Å². The number of hydrogen-bond acceptors (Lipinski definition) is 7. The molecule has 2 aliphatic rings. The fourth-order valence-electron chi connectivity index (χ4n) is 3.97. The van der Waals surface area contributed by atoms with Crippen LogP contribution >= 0.6 is 0 Å². The Bertz CT molecular complexity index is 856. The molecule has 28 heavy (non-hydrogen) atoms. The maximum Gasteiger partial charge on any atom is 0.236 e. The molecule has 2 bridgehead atoms. The van der Waals surface area contributed by atoms with Crippen molar-refractivity contribution >= 4 is 23.1 Å². The first-order valence-corrected chi connectivity index (χ1v) is 9.94. The number of aryl methyl sites for hydroxylation is 1. The first kappa shape index (κ1) is 18.9. The highest BCUT2D eigenvalue weighted by molar-refractivity contribution is 5.63. The highest BCUT2D eigenvalue weighted by Gasteiger charge is 2.41. The molecule has 0 amide bonds. The monoisotopic (exact) mass is 385 g/mol. The summed E-state index contributed by atoms with van der Waals surface area (Å²) >= 11 is 0. The van der Waals surface area contributed by atoms with E-state index in [1.807, 2.05) is 13.0 Å². The van der Waals surface area contributed by atoms with Crippen LogP contribution in [0, 0.1) is 12.9 Å². The molecule has 2 saturated heterocycles. The minimum absolute atomic E-state index is 0.298. The van der Waals surface area contributed by atoms with Crippen molar-refractivity contribution in [2.45, 2.75) is 51.7 Å². The van der Waals surface area contributed by atoms with Gasteiger partial charge in [0.2, 0.25) is 11.9 Å². The van der Waals surface area contributed by atoms with Gasteiger partial charge in [-0.25, -0.2) is 9.97 Å². The van der Waals surface area contributed by atoms with Crippen LogP contribution in [0.1, 0.15) is 32.3 Å². The Hall–Kier alpha value is -2.48. The van der Waals surface area contributed by atoms with Crippen LogP contribution in [0.4, 0.5) is 27.5 Å². The van der Waals surface area contributed by atoms with E-state index in [0.29, 0.717) is 29.8 Å². The van der Waals surface area contributed by atoms with Gasteiger partial charge in [-0.05, 0) is 39.8 Å². The summed E-state index contributed by atoms with van der Waals surface area (Å²) in [5.74, 6) is 0.569. The molecular formula is C20H28FN7. The third kappa shape index (κ3) is 3.61. The van der Waals surface area contributed by atoms with Crippen molar-refractivity contribution in [3.05, 3.63) is 30.0 Å². The van der Waals surface area contributed by atoms with Crippen molar-refractivity contribution in [2.24, 2.45) is 0 Å². The van der Waals surface area contributed by atoms with Crippen LogP contribution in [0.2, 0.25) is 0 Å². The van der Waals surface area contributed by atoms with Gasteiger partial charge in [-0.2, -0.15) is 9.37 Å². The maximum absolute atomic E-state index is 14.4. The number of aromatic nitrogens is 3. The summed E-state index contributed by atoms with van der Waals surface area (Å²) in [5.41, 5.74) is 2.19. The predicted octanol–water partition coefficient (Wildman–Crippen LogP) is 3.17. The van der Waals surface area contributed by atoms with Crippen molar-refractivity contribution in [1.82, 2.24) is 19.9 Å². The molecule has 0 radical (unpaired) electrons. The summed E-state index contributed by atoms with van der Waals surface area (Å²) in [7, 11) is 2.16. The molecule has 2 fully saturated rings. The number of rotatable bonds is 6. The Morgan fingerprint density at radius 3 is 2.75 bits per heavy atom. The number of halogens is 1. The van der Waals surface area contributed by atoms with Gasteiger partial charge < -0.3 is 15.5 Å². The summed E-state index contributed by atoms with van der Waals surface area (Å²) in [6.07, 6.45) is 5.50. The number of likely N-dealkylation sites (N-methyl/N-ethyl adjacent to an activating group) is 1. The Labute approximate surface area is 165 Å². The molecule has 0 unspecified atom stereocenters. The third-order valence-corrected chi connectivity index (χ3v) is 5.88. The van der Waals surface area contributed by atoms with Gasteiger partial charge in [0.15, 0.2) is 0 Å². The highest BCUT2D eigenvalue weighted by Crippen LogP contribution is 2.34. The minimum Gasteiger partial charge on any atom is -0.367 e. The van der Waals surface area contributed by atoms with Gasteiger partial charge in [-0.15, -0.1) is 0 Å². The normalized spacial score (nSPS) is 22.5. The lowest BCUT2D eigenvalue weighted by molar-refractivity contribution is 0.292. The van der Waals surface area contributed by atoms with Crippen LogP contribution in [0.15, 0.2) is 18.5 Å². The third-order valence-electron chi connectivity index (χ3n) is 5.88. The molecular weight excluding hydrogens is 357 g/mol. The zero-order chi connectivity index (χ0) is 19.8. The van der Waals surface area contributed by atoms with Crippen LogP contribution < -0.4 is 15.5 Å². The fourth-order valence-corrected chi connectivity index (χ4v) is 3.97. The van der Waals surface area contributed by atoms with Crippen LogP contribution in [-0.4, -0.2) is 58.1 Å². The average Bonchev–Trinajstić information content (AvgIpc) is 3.25. The second kappa shape index (κ2) is 7.50. The topological polar surface area (TPSA) is 69.2 Å². The Morgan fingerprint density at radius 1 is 1.25 bits per heavy atom. The molecule has 2 aromatic heterocycles. The lowest BCUT2D eigenvalue weighted by Crippen LogP contribution is -2.44. The van der Waals surface area contributed by atoms with Crippen LogP contribution in [-0.2, 0) is 0 Å². The lowest BCUT2D eigenvalue weighted by atomic mass is 10.2. The lowest BCUT2D eigenvalue weighted by Gasteiger charge is -2.33. The van der Waals surface area contributed by atoms with E-state index in [1.54, 1.807) is 12.4 Å². The van der Waals surface area contributed by atoms with Gasteiger partial charge in [0, 0.05) is 43.0 Å². The summed E-state index contributed by atoms with van der Waals surface area (Å²) in [6.45, 7) is 8.16. The van der Waals surface area contributed by atoms with Crippen molar-refractivity contribution in [1.29, 1.82) is 0 Å². The summed E-state index contributed by atoms with van der Waals surface area (Å²) in [5, 5.41) is 6.38. The van der Waals surface area contributed by atoms with Gasteiger partial charge in [0.05, 0.1) is 17.6 Å². The summed E-state index contributed by atoms with van der Waals surface area (Å²) < 4.78 is 14.4. The maximum atomic E-state index is 14.4. The first-order chi connectivity index (χ1) is 13.4. The smallest absolute Gasteiger partial charge is 0.236 e. The number of nitrogens with one attached hydrogen (secondary N) is 2. The van der Waals surface area contributed by atoms with E-state index >= 15 is 0 Å². The molecule has 8 heteroatoms. The van der Waals surface area contributed by atoms with Crippen LogP contribution in [0.3, 0.4) is 0 Å². The highest BCUT2D eigenvalue weighted by atomic mass is 19.1. The van der Waals surface area contributed by atoms with E-state index in [2.05, 4.69) is 56.3 Å². The van der Waals surface area contributed by atoms with E-state index in [9.17, 15) is 4.39 Å². The Morgan fingerprint density at radius 2 is 2.07 bits per heavy atom. The molecule has 2 N–H and O–H groups in total. The second-order valence-electron chi connectivity index (χ2n) is 7.97. The molecule has 3 atom stereocenters. The van der Waals surface area contributed by atoms with Gasteiger partial charge in [-0.3, -0.25) is 4.90 Å². The molecule has 4 rings (SSSR count). The van der Waals surface area contributed by atoms with Gasteiger partial charge in [0.25, 0.3) is 0 Å². The number of pyridine rings is 1. The number of piperazine rings is 1. The van der Waals surface area contributed by atoms with Crippen molar-refractivity contribution in [3.8, 4) is 0 Å². The number of anilines is 4. The molecule has 2 aliphatic heterocycles. The van der Waals surface area contributed by atoms with Crippen molar-refractivity contribution in [2.75, 3.05) is 35.7 Å². The number of likely N-dealkylation sites (tertiary alicyclic amines) is 1. The first-order valence-electron chi connectivity index (χ1n) is 9.94. The van der Waals surface area contributed by atoms with Gasteiger partial charge >= 0.3 is 0 Å². The molecule has 150 valence electrons. The van der Waals surface area contributed by atoms with E-state index in [-0.39, 0.29) is 0 Å². The standard InChI is InChI=1S/C20H28FN7/c1-5-13(3)24-19-12(2)8-23-20(26-19)25-17-7-14(9-22-18(17)21)28-11-15-6-16(28)10-27(15)4/h7-9,13,15-16H,5-6,10-11H2,1-4H3,(H2,23,24,25,26)/t13-,15+,16+/m1/s1. The van der Waals surface area contributed by atoms with Gasteiger partial charge in [0.1, 0.15) is 5.82 Å².